The summed E-state index contributed by atoms with van der Waals surface area (Å²) in [5.41, 5.74) is 4.57. The van der Waals surface area contributed by atoms with Gasteiger partial charge >= 0.3 is 0 Å². The van der Waals surface area contributed by atoms with Gasteiger partial charge in [0.15, 0.2) is 0 Å². The third-order valence-corrected chi connectivity index (χ3v) is 4.06. The number of phenolic OH excluding ortho intramolecular Hbond substituents is 1. The van der Waals surface area contributed by atoms with Crippen LogP contribution in [0.5, 0.6) is 5.75 Å². The Bertz CT molecular complexity index is 717. The van der Waals surface area contributed by atoms with Gasteiger partial charge in [-0.1, -0.05) is 17.7 Å². The minimum atomic E-state index is -0.332. The number of hydrogen-bond acceptors (Lipinski definition) is 3. The first-order valence-electron chi connectivity index (χ1n) is 6.05. The van der Waals surface area contributed by atoms with Gasteiger partial charge in [-0.15, -0.1) is 0 Å². The van der Waals surface area contributed by atoms with Crippen molar-refractivity contribution in [3.05, 3.63) is 61.7 Å². The molecule has 0 aliphatic carbocycles. The molecule has 0 aliphatic heterocycles. The second-order valence-electron chi connectivity index (χ2n) is 4.37. The van der Waals surface area contributed by atoms with Crippen molar-refractivity contribution in [1.82, 2.24) is 5.43 Å². The predicted octanol–water partition coefficient (Wildman–Crippen LogP) is 3.72. The fourth-order valence-electron chi connectivity index (χ4n) is 1.57. The van der Waals surface area contributed by atoms with Crippen LogP contribution in [0.1, 0.15) is 21.5 Å². The third kappa shape index (κ3) is 4.18. The highest BCUT2D eigenvalue weighted by Gasteiger charge is 2.06. The van der Waals surface area contributed by atoms with Crippen LogP contribution in [0.4, 0.5) is 0 Å². The number of rotatable bonds is 3. The van der Waals surface area contributed by atoms with E-state index in [0.717, 1.165) is 11.1 Å². The van der Waals surface area contributed by atoms with Crippen molar-refractivity contribution in [3.8, 4) is 5.75 Å². The Balaban J connectivity index is 2.04. The van der Waals surface area contributed by atoms with Gasteiger partial charge in [0.05, 0.1) is 9.78 Å². The molecule has 108 valence electrons. The molecule has 2 aromatic carbocycles. The van der Waals surface area contributed by atoms with Gasteiger partial charge in [0, 0.05) is 10.6 Å². The van der Waals surface area contributed by atoms with Crippen LogP contribution < -0.4 is 5.43 Å². The summed E-state index contributed by atoms with van der Waals surface area (Å²) in [6.07, 6.45) is 1.51. The molecular weight excluding hydrogens is 403 g/mol. The van der Waals surface area contributed by atoms with Crippen molar-refractivity contribution in [1.29, 1.82) is 0 Å². The van der Waals surface area contributed by atoms with Crippen LogP contribution in [-0.4, -0.2) is 17.2 Å². The molecule has 0 heterocycles. The molecule has 4 nitrogen and oxygen atoms in total. The normalized spacial score (nSPS) is 10.8. The van der Waals surface area contributed by atoms with Crippen LogP contribution in [0, 0.1) is 10.5 Å². The standard InChI is InChI=1S/C15H12ClIN2O2/c1-9-2-4-11(7-12(9)16)15(21)19-18-8-10-3-5-14(20)13(17)6-10/h2-8,20H,1H3,(H,19,21)/b18-8-. The molecule has 0 aliphatic rings. The lowest BCUT2D eigenvalue weighted by molar-refractivity contribution is 0.0955. The SMILES string of the molecule is Cc1ccc(C(=O)N/N=C\c2ccc(O)c(I)c2)cc1Cl. The topological polar surface area (TPSA) is 61.7 Å². The minimum Gasteiger partial charge on any atom is -0.507 e. The van der Waals surface area contributed by atoms with E-state index in [2.05, 4.69) is 10.5 Å². The number of phenols is 1. The fraction of sp³-hybridized carbons (Fsp3) is 0.0667. The number of aromatic hydroxyl groups is 1. The highest BCUT2D eigenvalue weighted by Crippen LogP contribution is 2.19. The maximum Gasteiger partial charge on any atom is 0.271 e. The van der Waals surface area contributed by atoms with Crippen LogP contribution in [0.3, 0.4) is 0 Å². The Kier molecular flexibility index (Phi) is 5.19. The third-order valence-electron chi connectivity index (χ3n) is 2.79. The van der Waals surface area contributed by atoms with Gasteiger partial charge < -0.3 is 5.11 Å². The van der Waals surface area contributed by atoms with E-state index in [1.54, 1.807) is 36.4 Å². The number of nitrogens with one attached hydrogen (secondary N) is 1. The molecule has 0 unspecified atom stereocenters. The Morgan fingerprint density at radius 3 is 2.76 bits per heavy atom. The fourth-order valence-corrected chi connectivity index (χ4v) is 2.29. The average molecular weight is 415 g/mol. The molecule has 0 radical (unpaired) electrons. The monoisotopic (exact) mass is 414 g/mol. The quantitative estimate of drug-likeness (QED) is 0.457. The van der Waals surface area contributed by atoms with E-state index < -0.39 is 0 Å². The van der Waals surface area contributed by atoms with E-state index in [1.165, 1.54) is 6.21 Å². The zero-order chi connectivity index (χ0) is 15.4. The first-order chi connectivity index (χ1) is 9.97. The van der Waals surface area contributed by atoms with Crippen LogP contribution in [-0.2, 0) is 0 Å². The molecule has 1 amide bonds. The summed E-state index contributed by atoms with van der Waals surface area (Å²) in [7, 11) is 0. The van der Waals surface area contributed by atoms with E-state index in [0.29, 0.717) is 14.2 Å². The van der Waals surface area contributed by atoms with Crippen molar-refractivity contribution < 1.29 is 9.90 Å². The highest BCUT2D eigenvalue weighted by molar-refractivity contribution is 14.1. The van der Waals surface area contributed by atoms with Gasteiger partial charge in [0.1, 0.15) is 5.75 Å². The lowest BCUT2D eigenvalue weighted by Gasteiger charge is -2.02. The summed E-state index contributed by atoms with van der Waals surface area (Å²) in [5.74, 6) is -0.118. The molecule has 2 rings (SSSR count). The van der Waals surface area contributed by atoms with E-state index in [9.17, 15) is 9.90 Å². The second-order valence-corrected chi connectivity index (χ2v) is 5.94. The number of benzene rings is 2. The number of hydrazone groups is 1. The van der Waals surface area contributed by atoms with Crippen molar-refractivity contribution >= 4 is 46.3 Å². The van der Waals surface area contributed by atoms with Gasteiger partial charge in [-0.2, -0.15) is 5.10 Å². The van der Waals surface area contributed by atoms with Crippen molar-refractivity contribution in [2.45, 2.75) is 6.92 Å². The molecule has 0 spiro atoms. The number of aryl methyl sites for hydroxylation is 1. The molecular formula is C15H12ClIN2O2. The number of amides is 1. The molecule has 0 saturated carbocycles. The molecule has 0 bridgehead atoms. The van der Waals surface area contributed by atoms with E-state index in [4.69, 9.17) is 11.6 Å². The summed E-state index contributed by atoms with van der Waals surface area (Å²) in [5, 5.41) is 13.8. The molecule has 0 aromatic heterocycles. The Morgan fingerprint density at radius 2 is 2.10 bits per heavy atom. The first-order valence-corrected chi connectivity index (χ1v) is 7.51. The number of carbonyl (C=O) groups excluding carboxylic acids is 1. The largest absolute Gasteiger partial charge is 0.507 e. The number of carbonyl (C=O) groups is 1. The van der Waals surface area contributed by atoms with Crippen molar-refractivity contribution in [2.75, 3.05) is 0 Å². The zero-order valence-electron chi connectivity index (χ0n) is 11.1. The lowest BCUT2D eigenvalue weighted by Crippen LogP contribution is -2.17. The number of halogens is 2. The highest BCUT2D eigenvalue weighted by atomic mass is 127. The Morgan fingerprint density at radius 1 is 1.33 bits per heavy atom. The summed E-state index contributed by atoms with van der Waals surface area (Å²) < 4.78 is 0.716. The van der Waals surface area contributed by atoms with Gasteiger partial charge in [0.25, 0.3) is 5.91 Å². The predicted molar refractivity (Wildman–Crippen MR) is 92.1 cm³/mol. The lowest BCUT2D eigenvalue weighted by atomic mass is 10.1. The molecule has 0 atom stereocenters. The van der Waals surface area contributed by atoms with Gasteiger partial charge in [0.2, 0.25) is 0 Å². The Hall–Kier alpha value is -1.60. The van der Waals surface area contributed by atoms with Crippen LogP contribution in [0.2, 0.25) is 5.02 Å². The maximum absolute atomic E-state index is 11.9. The minimum absolute atomic E-state index is 0.214. The summed E-state index contributed by atoms with van der Waals surface area (Å²) in [6.45, 7) is 1.87. The second kappa shape index (κ2) is 6.91. The van der Waals surface area contributed by atoms with E-state index >= 15 is 0 Å². The van der Waals surface area contributed by atoms with Crippen LogP contribution >= 0.6 is 34.2 Å². The molecule has 0 fully saturated rings. The molecule has 2 aromatic rings. The molecule has 6 heteroatoms. The molecule has 0 saturated heterocycles. The zero-order valence-corrected chi connectivity index (χ0v) is 14.0. The first kappa shape index (κ1) is 15.8. The van der Waals surface area contributed by atoms with Crippen molar-refractivity contribution in [3.63, 3.8) is 0 Å². The molecule has 21 heavy (non-hydrogen) atoms. The van der Waals surface area contributed by atoms with Gasteiger partial charge in [-0.05, 0) is 71.0 Å². The average Bonchev–Trinajstić information content (AvgIpc) is 2.45. The maximum atomic E-state index is 11.9. The van der Waals surface area contributed by atoms with E-state index in [1.807, 2.05) is 29.5 Å². The number of hydrogen-bond donors (Lipinski definition) is 2. The summed E-state index contributed by atoms with van der Waals surface area (Å²) in [6, 6.07) is 10.1. The van der Waals surface area contributed by atoms with Gasteiger partial charge in [-0.25, -0.2) is 5.43 Å². The summed E-state index contributed by atoms with van der Waals surface area (Å²) >= 11 is 7.99. The van der Waals surface area contributed by atoms with Crippen molar-refractivity contribution in [2.24, 2.45) is 5.10 Å². The Labute approximate surface area is 141 Å². The smallest absolute Gasteiger partial charge is 0.271 e. The van der Waals surface area contributed by atoms with Crippen LogP contribution in [0.15, 0.2) is 41.5 Å². The van der Waals surface area contributed by atoms with Crippen LogP contribution in [0.25, 0.3) is 0 Å². The number of nitrogens with zero attached hydrogens (tertiary/aromatic N) is 1. The van der Waals surface area contributed by atoms with E-state index in [-0.39, 0.29) is 11.7 Å². The van der Waals surface area contributed by atoms with Gasteiger partial charge in [-0.3, -0.25) is 4.79 Å². The molecule has 2 N–H and O–H groups in total. The summed E-state index contributed by atoms with van der Waals surface area (Å²) in [4.78, 5) is 11.9.